The van der Waals surface area contributed by atoms with Gasteiger partial charge in [-0.3, -0.25) is 4.79 Å². The summed E-state index contributed by atoms with van der Waals surface area (Å²) in [6.07, 6.45) is 5.54. The third-order valence-corrected chi connectivity index (χ3v) is 5.41. The number of amides is 1. The number of rotatable bonds is 2. The molecule has 2 nitrogen and oxygen atoms in total. The van der Waals surface area contributed by atoms with E-state index in [-0.39, 0.29) is 53.9 Å². The maximum Gasteiger partial charge on any atom is 0.254 e. The monoisotopic (exact) mass is 288 g/mol. The molecular formula is C19H25NO. The van der Waals surface area contributed by atoms with Crippen LogP contribution < -0.4 is 0 Å². The smallest absolute Gasteiger partial charge is 0.254 e. The summed E-state index contributed by atoms with van der Waals surface area (Å²) in [4.78, 5) is 15.0. The van der Waals surface area contributed by atoms with Crippen molar-refractivity contribution in [1.29, 1.82) is 0 Å². The molecule has 0 radical (unpaired) electrons. The molecule has 1 amide bonds. The third kappa shape index (κ3) is 2.39. The van der Waals surface area contributed by atoms with Crippen molar-refractivity contribution in [3.05, 3.63) is 35.3 Å². The lowest BCUT2D eigenvalue weighted by Crippen LogP contribution is -2.36. The first-order chi connectivity index (χ1) is 12.4. The number of carbonyl (C=O) groups excluding carboxylic acids is 1. The SMILES string of the molecule is [2H]c1c([2H])c([2H])c(C2C3CCC(C3)C2[2H])c(C(=O)N2CCCCC2)c1[2H]. The fourth-order valence-corrected chi connectivity index (χ4v) is 4.33. The van der Waals surface area contributed by atoms with Gasteiger partial charge in [0.2, 0.25) is 0 Å². The van der Waals surface area contributed by atoms with Gasteiger partial charge in [0, 0.05) is 20.0 Å². The predicted molar refractivity (Wildman–Crippen MR) is 84.4 cm³/mol. The number of likely N-dealkylation sites (tertiary alicyclic amines) is 1. The molecule has 2 saturated carbocycles. The van der Waals surface area contributed by atoms with Crippen LogP contribution >= 0.6 is 0 Å². The molecule has 112 valence electrons. The highest BCUT2D eigenvalue weighted by molar-refractivity contribution is 5.96. The van der Waals surface area contributed by atoms with Crippen molar-refractivity contribution in [2.75, 3.05) is 13.1 Å². The Kier molecular flexibility index (Phi) is 2.34. The second-order valence-corrected chi connectivity index (χ2v) is 6.69. The van der Waals surface area contributed by atoms with Crippen molar-refractivity contribution in [3.8, 4) is 0 Å². The molecule has 1 heterocycles. The number of nitrogens with zero attached hydrogens (tertiary/aromatic N) is 1. The van der Waals surface area contributed by atoms with Gasteiger partial charge in [-0.25, -0.2) is 0 Å². The number of piperidine rings is 1. The van der Waals surface area contributed by atoms with E-state index in [9.17, 15) is 4.79 Å². The molecule has 4 atom stereocenters. The molecule has 1 aromatic rings. The van der Waals surface area contributed by atoms with Crippen LogP contribution in [-0.4, -0.2) is 23.9 Å². The highest BCUT2D eigenvalue weighted by Crippen LogP contribution is 2.53. The molecule has 2 aliphatic carbocycles. The van der Waals surface area contributed by atoms with Gasteiger partial charge in [-0.2, -0.15) is 0 Å². The molecule has 21 heavy (non-hydrogen) atoms. The second-order valence-electron chi connectivity index (χ2n) is 6.69. The minimum Gasteiger partial charge on any atom is -0.339 e. The van der Waals surface area contributed by atoms with Crippen molar-refractivity contribution in [3.63, 3.8) is 0 Å². The molecule has 3 fully saturated rings. The Morgan fingerprint density at radius 3 is 2.76 bits per heavy atom. The van der Waals surface area contributed by atoms with Crippen molar-refractivity contribution >= 4 is 5.91 Å². The maximum atomic E-state index is 13.2. The Balaban J connectivity index is 1.85. The summed E-state index contributed by atoms with van der Waals surface area (Å²) in [5.41, 5.74) is 0.548. The topological polar surface area (TPSA) is 20.3 Å². The Morgan fingerprint density at radius 2 is 2.00 bits per heavy atom. The van der Waals surface area contributed by atoms with E-state index in [0.29, 0.717) is 24.6 Å². The molecule has 3 aliphatic rings. The van der Waals surface area contributed by atoms with E-state index in [1.807, 2.05) is 0 Å². The fourth-order valence-electron chi connectivity index (χ4n) is 4.33. The van der Waals surface area contributed by atoms with Crippen LogP contribution in [-0.2, 0) is 0 Å². The van der Waals surface area contributed by atoms with Gasteiger partial charge in [-0.15, -0.1) is 0 Å². The quantitative estimate of drug-likeness (QED) is 0.798. The Hall–Kier alpha value is -1.31. The lowest BCUT2D eigenvalue weighted by atomic mass is 9.81. The van der Waals surface area contributed by atoms with Crippen molar-refractivity contribution in [1.82, 2.24) is 4.90 Å². The molecule has 0 aromatic heterocycles. The molecule has 1 aromatic carbocycles. The molecule has 2 bridgehead atoms. The van der Waals surface area contributed by atoms with Gasteiger partial charge in [0.1, 0.15) is 0 Å². The molecule has 4 rings (SSSR count). The number of fused-ring (bicyclic) bond motifs is 2. The van der Waals surface area contributed by atoms with Crippen LogP contribution in [0.15, 0.2) is 24.2 Å². The van der Waals surface area contributed by atoms with Crippen molar-refractivity contribution in [2.45, 2.75) is 50.8 Å². The minimum absolute atomic E-state index is 0.110. The molecular weight excluding hydrogens is 258 g/mol. The van der Waals surface area contributed by atoms with Crippen molar-refractivity contribution < 1.29 is 11.6 Å². The van der Waals surface area contributed by atoms with Gasteiger partial charge in [-0.1, -0.05) is 24.5 Å². The van der Waals surface area contributed by atoms with Gasteiger partial charge in [0.05, 0.1) is 5.48 Å². The maximum absolute atomic E-state index is 13.2. The standard InChI is InChI=1S/C19H25NO/c21-19(20-10-4-1-5-11-20)17-7-3-2-6-16(17)18-13-14-8-9-15(18)12-14/h2-3,6-7,14-15,18H,1,4-5,8-13H2/i2D,3D,6D,7D,13D. The normalized spacial score (nSPS) is 38.5. The Morgan fingerprint density at radius 1 is 1.19 bits per heavy atom. The van der Waals surface area contributed by atoms with Crippen LogP contribution in [0.4, 0.5) is 0 Å². The van der Waals surface area contributed by atoms with E-state index in [1.165, 1.54) is 0 Å². The van der Waals surface area contributed by atoms with Gasteiger partial charge in [0.25, 0.3) is 5.91 Å². The third-order valence-electron chi connectivity index (χ3n) is 5.41. The first-order valence-electron chi connectivity index (χ1n) is 10.8. The predicted octanol–water partition coefficient (Wildman–Crippen LogP) is 4.22. The zero-order valence-corrected chi connectivity index (χ0v) is 12.3. The van der Waals surface area contributed by atoms with Crippen LogP contribution in [0.2, 0.25) is 0 Å². The van der Waals surface area contributed by atoms with Gasteiger partial charge < -0.3 is 4.90 Å². The number of hydrogen-bond acceptors (Lipinski definition) is 1. The van der Waals surface area contributed by atoms with E-state index in [2.05, 4.69) is 0 Å². The van der Waals surface area contributed by atoms with E-state index < -0.39 is 0 Å². The number of hydrogen-bond donors (Lipinski definition) is 0. The summed E-state index contributed by atoms with van der Waals surface area (Å²) in [5, 5.41) is 0. The molecule has 2 heteroatoms. The largest absolute Gasteiger partial charge is 0.339 e. The van der Waals surface area contributed by atoms with Crippen LogP contribution in [0.25, 0.3) is 0 Å². The molecule has 0 spiro atoms. The lowest BCUT2D eigenvalue weighted by Gasteiger charge is -2.29. The van der Waals surface area contributed by atoms with Gasteiger partial charge >= 0.3 is 0 Å². The zero-order valence-electron chi connectivity index (χ0n) is 17.3. The highest BCUT2D eigenvalue weighted by Gasteiger charge is 2.41. The lowest BCUT2D eigenvalue weighted by molar-refractivity contribution is 0.0722. The summed E-state index contributed by atoms with van der Waals surface area (Å²) in [6.45, 7) is 1.28. The van der Waals surface area contributed by atoms with Gasteiger partial charge in [-0.05, 0) is 67.9 Å². The van der Waals surface area contributed by atoms with E-state index in [4.69, 9.17) is 6.85 Å². The highest BCUT2D eigenvalue weighted by atomic mass is 16.2. The van der Waals surface area contributed by atoms with Crippen LogP contribution in [0.3, 0.4) is 0 Å². The summed E-state index contributed by atoms with van der Waals surface area (Å²) in [6, 6.07) is -0.966. The fraction of sp³-hybridized carbons (Fsp3) is 0.632. The Bertz CT molecular complexity index is 744. The van der Waals surface area contributed by atoms with Crippen molar-refractivity contribution in [2.24, 2.45) is 11.8 Å². The van der Waals surface area contributed by atoms with Crippen LogP contribution in [0.1, 0.15) is 73.6 Å². The van der Waals surface area contributed by atoms with E-state index in [1.54, 1.807) is 4.90 Å². The summed E-state index contributed by atoms with van der Waals surface area (Å²) >= 11 is 0. The summed E-state index contributed by atoms with van der Waals surface area (Å²) in [7, 11) is 0. The Labute approximate surface area is 134 Å². The summed E-state index contributed by atoms with van der Waals surface area (Å²) < 4.78 is 41.6. The van der Waals surface area contributed by atoms with Gasteiger partial charge in [0.15, 0.2) is 0 Å². The van der Waals surface area contributed by atoms with Crippen LogP contribution in [0, 0.1) is 11.8 Å². The molecule has 1 aliphatic heterocycles. The number of benzene rings is 1. The summed E-state index contributed by atoms with van der Waals surface area (Å²) in [5.74, 6) is 0.0248. The zero-order chi connectivity index (χ0) is 18.6. The average molecular weight is 288 g/mol. The second kappa shape index (κ2) is 5.47. The number of carbonyl (C=O) groups is 1. The first-order valence-corrected chi connectivity index (χ1v) is 8.23. The van der Waals surface area contributed by atoms with E-state index >= 15 is 0 Å². The molecule has 0 N–H and O–H groups in total. The average Bonchev–Trinajstić information content (AvgIpc) is 3.25. The molecule has 4 unspecified atom stereocenters. The molecule has 1 saturated heterocycles. The van der Waals surface area contributed by atoms with E-state index in [0.717, 1.165) is 38.5 Å². The minimum atomic E-state index is -0.374. The first kappa shape index (κ1) is 8.97. The van der Waals surface area contributed by atoms with Crippen LogP contribution in [0.5, 0.6) is 0 Å².